The zero-order valence-corrected chi connectivity index (χ0v) is 12.3. The predicted molar refractivity (Wildman–Crippen MR) is 85.7 cm³/mol. The van der Waals surface area contributed by atoms with E-state index in [0.717, 1.165) is 11.1 Å². The first-order chi connectivity index (χ1) is 10.0. The minimum absolute atomic E-state index is 0.208. The van der Waals surface area contributed by atoms with E-state index in [9.17, 15) is 10.1 Å². The van der Waals surface area contributed by atoms with Crippen LogP contribution in [-0.4, -0.2) is 10.5 Å². The summed E-state index contributed by atoms with van der Waals surface area (Å²) in [6.45, 7) is 3.33. The van der Waals surface area contributed by atoms with E-state index < -0.39 is 5.54 Å². The summed E-state index contributed by atoms with van der Waals surface area (Å²) >= 11 is 0. The van der Waals surface area contributed by atoms with E-state index in [1.807, 2.05) is 72.8 Å². The molecule has 2 rings (SSSR count). The van der Waals surface area contributed by atoms with Crippen molar-refractivity contribution in [2.45, 2.75) is 25.3 Å². The van der Waals surface area contributed by atoms with E-state index in [2.05, 4.69) is 0 Å². The lowest BCUT2D eigenvalue weighted by Gasteiger charge is -2.24. The molecule has 0 aliphatic carbocycles. The number of nitro groups is 1. The zero-order valence-electron chi connectivity index (χ0n) is 12.3. The van der Waals surface area contributed by atoms with Gasteiger partial charge in [-0.1, -0.05) is 72.8 Å². The van der Waals surface area contributed by atoms with E-state index in [-0.39, 0.29) is 10.8 Å². The highest BCUT2D eigenvalue weighted by Crippen LogP contribution is 2.32. The molecule has 0 bridgehead atoms. The maximum Gasteiger partial charge on any atom is 0.226 e. The van der Waals surface area contributed by atoms with Crippen LogP contribution in [-0.2, 0) is 0 Å². The highest BCUT2D eigenvalue weighted by atomic mass is 16.6. The molecule has 3 nitrogen and oxygen atoms in total. The highest BCUT2D eigenvalue weighted by Gasteiger charge is 2.40. The minimum Gasteiger partial charge on any atom is -0.264 e. The van der Waals surface area contributed by atoms with Crippen molar-refractivity contribution in [2.24, 2.45) is 0 Å². The average molecular weight is 281 g/mol. The summed E-state index contributed by atoms with van der Waals surface area (Å²) in [6, 6.07) is 19.4. The lowest BCUT2D eigenvalue weighted by molar-refractivity contribution is -0.563. The van der Waals surface area contributed by atoms with Crippen LogP contribution in [0.4, 0.5) is 0 Å². The average Bonchev–Trinajstić information content (AvgIpc) is 2.49. The van der Waals surface area contributed by atoms with Gasteiger partial charge in [-0.25, -0.2) is 0 Å². The Labute approximate surface area is 125 Å². The van der Waals surface area contributed by atoms with Crippen LogP contribution >= 0.6 is 0 Å². The van der Waals surface area contributed by atoms with Crippen LogP contribution in [0.3, 0.4) is 0 Å². The van der Waals surface area contributed by atoms with Crippen molar-refractivity contribution in [2.75, 3.05) is 0 Å². The van der Waals surface area contributed by atoms with Crippen LogP contribution in [0.15, 0.2) is 66.7 Å². The largest absolute Gasteiger partial charge is 0.264 e. The van der Waals surface area contributed by atoms with Gasteiger partial charge in [0.2, 0.25) is 5.54 Å². The Bertz CT molecular complexity index is 618. The summed E-state index contributed by atoms with van der Waals surface area (Å²) < 4.78 is 0. The molecule has 0 spiro atoms. The molecule has 2 aromatic carbocycles. The molecule has 21 heavy (non-hydrogen) atoms. The first-order valence-corrected chi connectivity index (χ1v) is 6.94. The molecule has 0 amide bonds. The van der Waals surface area contributed by atoms with Gasteiger partial charge >= 0.3 is 0 Å². The molecule has 0 fully saturated rings. The molecule has 108 valence electrons. The molecular formula is C18H19NO2. The van der Waals surface area contributed by atoms with E-state index in [1.54, 1.807) is 13.8 Å². The van der Waals surface area contributed by atoms with E-state index in [0.29, 0.717) is 0 Å². The third-order valence-corrected chi connectivity index (χ3v) is 3.67. The normalized spacial score (nSPS) is 13.2. The minimum atomic E-state index is -1.06. The quantitative estimate of drug-likeness (QED) is 0.596. The van der Waals surface area contributed by atoms with Crippen LogP contribution < -0.4 is 0 Å². The van der Waals surface area contributed by atoms with Crippen LogP contribution in [0.5, 0.6) is 0 Å². The van der Waals surface area contributed by atoms with Gasteiger partial charge in [-0.05, 0) is 11.1 Å². The maximum absolute atomic E-state index is 11.4. The lowest BCUT2D eigenvalue weighted by atomic mass is 9.82. The second kappa shape index (κ2) is 6.35. The van der Waals surface area contributed by atoms with Gasteiger partial charge in [-0.15, -0.1) is 0 Å². The van der Waals surface area contributed by atoms with Gasteiger partial charge in [0, 0.05) is 18.8 Å². The molecule has 0 radical (unpaired) electrons. The Morgan fingerprint density at radius 3 is 2.05 bits per heavy atom. The topological polar surface area (TPSA) is 43.1 Å². The molecule has 0 N–H and O–H groups in total. The maximum atomic E-state index is 11.4. The molecule has 0 saturated carbocycles. The SMILES string of the molecule is CC(C)([C@H](/C=C/c1ccccc1)c1ccccc1)[N+](=O)[O-]. The molecular weight excluding hydrogens is 262 g/mol. The predicted octanol–water partition coefficient (Wildman–Crippen LogP) is 4.54. The van der Waals surface area contributed by atoms with Crippen LogP contribution in [0, 0.1) is 10.1 Å². The summed E-state index contributed by atoms with van der Waals surface area (Å²) in [5.41, 5.74) is 0.927. The number of hydrogen-bond acceptors (Lipinski definition) is 2. The van der Waals surface area contributed by atoms with Crippen molar-refractivity contribution < 1.29 is 4.92 Å². The summed E-state index contributed by atoms with van der Waals surface area (Å²) in [6.07, 6.45) is 3.87. The summed E-state index contributed by atoms with van der Waals surface area (Å²) in [5.74, 6) is -0.283. The molecule has 0 unspecified atom stereocenters. The smallest absolute Gasteiger partial charge is 0.226 e. The molecule has 2 aromatic rings. The Balaban J connectivity index is 2.38. The standard InChI is InChI=1S/C18H19NO2/c1-18(2,19(20)21)17(16-11-7-4-8-12-16)14-13-15-9-5-3-6-10-15/h3-14,17H,1-2H3/b14-13+/t17-/m1/s1. The number of hydrogen-bond donors (Lipinski definition) is 0. The highest BCUT2D eigenvalue weighted by molar-refractivity contribution is 5.51. The van der Waals surface area contributed by atoms with E-state index in [1.165, 1.54) is 0 Å². The van der Waals surface area contributed by atoms with Crippen molar-refractivity contribution >= 4 is 6.08 Å². The van der Waals surface area contributed by atoms with Gasteiger partial charge in [0.1, 0.15) is 0 Å². The summed E-state index contributed by atoms with van der Waals surface area (Å²) in [4.78, 5) is 11.2. The fourth-order valence-electron chi connectivity index (χ4n) is 2.30. The molecule has 0 aliphatic rings. The first-order valence-electron chi connectivity index (χ1n) is 6.94. The molecule has 0 aliphatic heterocycles. The Hall–Kier alpha value is -2.42. The molecule has 0 saturated heterocycles. The fourth-order valence-corrected chi connectivity index (χ4v) is 2.30. The van der Waals surface area contributed by atoms with Gasteiger partial charge in [-0.3, -0.25) is 10.1 Å². The number of benzene rings is 2. The van der Waals surface area contributed by atoms with E-state index in [4.69, 9.17) is 0 Å². The second-order valence-corrected chi connectivity index (χ2v) is 5.57. The van der Waals surface area contributed by atoms with E-state index >= 15 is 0 Å². The molecule has 0 aromatic heterocycles. The van der Waals surface area contributed by atoms with Gasteiger partial charge in [0.15, 0.2) is 0 Å². The summed E-state index contributed by atoms with van der Waals surface area (Å²) in [5, 5.41) is 11.4. The van der Waals surface area contributed by atoms with Gasteiger partial charge in [-0.2, -0.15) is 0 Å². The van der Waals surface area contributed by atoms with Crippen LogP contribution in [0.1, 0.15) is 30.9 Å². The third kappa shape index (κ3) is 3.57. The monoisotopic (exact) mass is 281 g/mol. The van der Waals surface area contributed by atoms with Gasteiger partial charge in [0.25, 0.3) is 0 Å². The Kier molecular flexibility index (Phi) is 4.53. The van der Waals surface area contributed by atoms with Crippen molar-refractivity contribution in [1.29, 1.82) is 0 Å². The van der Waals surface area contributed by atoms with Crippen molar-refractivity contribution in [1.82, 2.24) is 0 Å². The number of nitrogens with zero attached hydrogens (tertiary/aromatic N) is 1. The zero-order chi connectivity index (χ0) is 15.3. The Morgan fingerprint density at radius 1 is 1.00 bits per heavy atom. The van der Waals surface area contributed by atoms with Crippen LogP contribution in [0.2, 0.25) is 0 Å². The molecule has 1 atom stereocenters. The summed E-state index contributed by atoms with van der Waals surface area (Å²) in [7, 11) is 0. The van der Waals surface area contributed by atoms with Crippen molar-refractivity contribution in [3.05, 3.63) is 88.0 Å². The first kappa shape index (κ1) is 15.0. The number of rotatable bonds is 5. The van der Waals surface area contributed by atoms with Crippen molar-refractivity contribution in [3.63, 3.8) is 0 Å². The fraction of sp³-hybridized carbons (Fsp3) is 0.222. The van der Waals surface area contributed by atoms with Crippen molar-refractivity contribution in [3.8, 4) is 0 Å². The van der Waals surface area contributed by atoms with Crippen LogP contribution in [0.25, 0.3) is 6.08 Å². The van der Waals surface area contributed by atoms with Gasteiger partial charge < -0.3 is 0 Å². The second-order valence-electron chi connectivity index (χ2n) is 5.57. The lowest BCUT2D eigenvalue weighted by Crippen LogP contribution is -2.37. The molecule has 0 heterocycles. The van der Waals surface area contributed by atoms with Gasteiger partial charge in [0.05, 0.1) is 5.92 Å². The Morgan fingerprint density at radius 2 is 1.52 bits per heavy atom. The third-order valence-electron chi connectivity index (χ3n) is 3.67. The molecule has 3 heteroatoms.